The zero-order chi connectivity index (χ0) is 17.3. The minimum atomic E-state index is -3.59. The maximum Gasteiger partial charge on any atom is 0.303 e. The van der Waals surface area contributed by atoms with Crippen molar-refractivity contribution in [2.45, 2.75) is 36.6 Å². The van der Waals surface area contributed by atoms with Gasteiger partial charge in [0, 0.05) is 19.5 Å². The molecule has 0 amide bonds. The lowest BCUT2D eigenvalue weighted by Gasteiger charge is -2.18. The Kier molecular flexibility index (Phi) is 4.95. The molecule has 1 aliphatic heterocycles. The highest BCUT2D eigenvalue weighted by Crippen LogP contribution is 2.30. The minimum absolute atomic E-state index is 0.00611. The lowest BCUT2D eigenvalue weighted by atomic mass is 10.2. The van der Waals surface area contributed by atoms with Crippen LogP contribution in [0.1, 0.15) is 24.2 Å². The summed E-state index contributed by atoms with van der Waals surface area (Å²) in [6, 6.07) is 4.88. The van der Waals surface area contributed by atoms with Gasteiger partial charge in [-0.2, -0.15) is 9.40 Å². The first-order valence-corrected chi connectivity index (χ1v) is 10.0. The van der Waals surface area contributed by atoms with Crippen molar-refractivity contribution < 1.29 is 18.3 Å². The molecule has 1 aliphatic rings. The van der Waals surface area contributed by atoms with Crippen molar-refractivity contribution in [3.8, 4) is 0 Å². The average Bonchev–Trinajstić information content (AvgIpc) is 3.06. The standard InChI is InChI=1S/C14H16ClN3O4S2/c15-12-3-5-14(23-12)24(21,22)17-6-1-7-18-11(9-17)8-10(16-18)2-4-13(19)20/h3,5,8H,1-2,4,6-7,9H2,(H,19,20). The molecule has 0 saturated carbocycles. The average molecular weight is 390 g/mol. The molecule has 3 rings (SSSR count). The molecule has 0 aliphatic carbocycles. The molecule has 10 heteroatoms. The van der Waals surface area contributed by atoms with Crippen molar-refractivity contribution in [1.29, 1.82) is 0 Å². The van der Waals surface area contributed by atoms with Crippen LogP contribution in [0.15, 0.2) is 22.4 Å². The van der Waals surface area contributed by atoms with Gasteiger partial charge >= 0.3 is 5.97 Å². The fraction of sp³-hybridized carbons (Fsp3) is 0.429. The number of thiophene rings is 1. The minimum Gasteiger partial charge on any atom is -0.481 e. The number of carboxylic acids is 1. The Labute approximate surface area is 148 Å². The van der Waals surface area contributed by atoms with Gasteiger partial charge in [0.1, 0.15) is 4.21 Å². The number of hydrogen-bond acceptors (Lipinski definition) is 5. The first-order valence-electron chi connectivity index (χ1n) is 7.39. The third-order valence-electron chi connectivity index (χ3n) is 3.77. The molecular weight excluding hydrogens is 374 g/mol. The van der Waals surface area contributed by atoms with E-state index >= 15 is 0 Å². The van der Waals surface area contributed by atoms with Crippen molar-refractivity contribution >= 4 is 38.9 Å². The molecule has 3 heterocycles. The van der Waals surface area contributed by atoms with E-state index in [0.717, 1.165) is 17.0 Å². The molecule has 0 unspecified atom stereocenters. The second kappa shape index (κ2) is 6.83. The molecule has 0 aromatic carbocycles. The number of carboxylic acid groups (broad SMARTS) is 1. The van der Waals surface area contributed by atoms with Crippen LogP contribution in [0.2, 0.25) is 4.34 Å². The lowest BCUT2D eigenvalue weighted by molar-refractivity contribution is -0.136. The summed E-state index contributed by atoms with van der Waals surface area (Å²) >= 11 is 6.90. The first-order chi connectivity index (χ1) is 11.4. The van der Waals surface area contributed by atoms with E-state index in [9.17, 15) is 13.2 Å². The summed E-state index contributed by atoms with van der Waals surface area (Å²) in [6.07, 6.45) is 0.986. The number of aliphatic carboxylic acids is 1. The van der Waals surface area contributed by atoms with Crippen LogP contribution in [-0.2, 0) is 34.3 Å². The van der Waals surface area contributed by atoms with Crippen molar-refractivity contribution in [2.24, 2.45) is 0 Å². The van der Waals surface area contributed by atoms with Crippen LogP contribution in [-0.4, -0.2) is 40.1 Å². The summed E-state index contributed by atoms with van der Waals surface area (Å²) in [6.45, 7) is 1.24. The molecule has 0 spiro atoms. The number of carbonyl (C=O) groups is 1. The molecule has 7 nitrogen and oxygen atoms in total. The summed E-state index contributed by atoms with van der Waals surface area (Å²) in [5.74, 6) is -0.878. The maximum atomic E-state index is 12.8. The molecule has 0 fully saturated rings. The Balaban J connectivity index is 1.82. The Morgan fingerprint density at radius 1 is 1.38 bits per heavy atom. The molecule has 24 heavy (non-hydrogen) atoms. The van der Waals surface area contributed by atoms with E-state index in [2.05, 4.69) is 5.10 Å². The van der Waals surface area contributed by atoms with Gasteiger partial charge in [0.05, 0.1) is 28.7 Å². The lowest BCUT2D eigenvalue weighted by Crippen LogP contribution is -2.30. The van der Waals surface area contributed by atoms with E-state index in [1.807, 2.05) is 0 Å². The van der Waals surface area contributed by atoms with E-state index in [4.69, 9.17) is 16.7 Å². The molecule has 1 N–H and O–H groups in total. The maximum absolute atomic E-state index is 12.8. The summed E-state index contributed by atoms with van der Waals surface area (Å²) in [5.41, 5.74) is 1.45. The molecule has 0 atom stereocenters. The molecule has 0 radical (unpaired) electrons. The number of aromatic nitrogens is 2. The highest BCUT2D eigenvalue weighted by atomic mass is 35.5. The predicted octanol–water partition coefficient (Wildman–Crippen LogP) is 2.21. The molecule has 0 saturated heterocycles. The normalized spacial score (nSPS) is 15.9. The number of nitrogens with zero attached hydrogens (tertiary/aromatic N) is 3. The van der Waals surface area contributed by atoms with E-state index in [-0.39, 0.29) is 17.2 Å². The van der Waals surface area contributed by atoms with Crippen LogP contribution in [0.3, 0.4) is 0 Å². The third-order valence-corrected chi connectivity index (χ3v) is 7.31. The molecule has 130 valence electrons. The van der Waals surface area contributed by atoms with Crippen LogP contribution in [0.25, 0.3) is 0 Å². The Morgan fingerprint density at radius 3 is 2.83 bits per heavy atom. The highest BCUT2D eigenvalue weighted by Gasteiger charge is 2.29. The number of halogens is 1. The van der Waals surface area contributed by atoms with Gasteiger partial charge in [-0.25, -0.2) is 8.42 Å². The van der Waals surface area contributed by atoms with E-state index in [1.54, 1.807) is 16.8 Å². The van der Waals surface area contributed by atoms with Crippen molar-refractivity contribution in [1.82, 2.24) is 14.1 Å². The van der Waals surface area contributed by atoms with Gasteiger partial charge in [-0.15, -0.1) is 11.3 Å². The topological polar surface area (TPSA) is 92.5 Å². The predicted molar refractivity (Wildman–Crippen MR) is 89.7 cm³/mol. The molecular formula is C14H16ClN3O4S2. The van der Waals surface area contributed by atoms with E-state index in [0.29, 0.717) is 36.0 Å². The SMILES string of the molecule is O=C(O)CCc1cc2n(n1)CCCN(S(=O)(=O)c1ccc(Cl)s1)C2. The van der Waals surface area contributed by atoms with E-state index < -0.39 is 16.0 Å². The van der Waals surface area contributed by atoms with Crippen LogP contribution in [0.4, 0.5) is 0 Å². The van der Waals surface area contributed by atoms with Gasteiger partial charge in [-0.3, -0.25) is 9.48 Å². The monoisotopic (exact) mass is 389 g/mol. The quantitative estimate of drug-likeness (QED) is 0.846. The number of sulfonamides is 1. The van der Waals surface area contributed by atoms with Gasteiger partial charge in [0.25, 0.3) is 10.0 Å². The summed E-state index contributed by atoms with van der Waals surface area (Å²) < 4.78 is 29.4. The second-order valence-electron chi connectivity index (χ2n) is 5.49. The van der Waals surface area contributed by atoms with Crippen LogP contribution >= 0.6 is 22.9 Å². The van der Waals surface area contributed by atoms with Crippen molar-refractivity contribution in [3.05, 3.63) is 33.9 Å². The summed E-state index contributed by atoms with van der Waals surface area (Å²) in [4.78, 5) is 10.7. The van der Waals surface area contributed by atoms with Crippen molar-refractivity contribution in [2.75, 3.05) is 6.54 Å². The number of aryl methyl sites for hydroxylation is 2. The fourth-order valence-corrected chi connectivity index (χ4v) is 5.71. The highest BCUT2D eigenvalue weighted by molar-refractivity contribution is 7.91. The van der Waals surface area contributed by atoms with E-state index in [1.165, 1.54) is 10.4 Å². The molecule has 0 bridgehead atoms. The third kappa shape index (κ3) is 3.64. The van der Waals surface area contributed by atoms with Gasteiger partial charge in [-0.05, 0) is 24.6 Å². The van der Waals surface area contributed by atoms with Gasteiger partial charge in [-0.1, -0.05) is 11.6 Å². The number of fused-ring (bicyclic) bond motifs is 1. The number of hydrogen-bond donors (Lipinski definition) is 1. The number of rotatable bonds is 5. The summed E-state index contributed by atoms with van der Waals surface area (Å²) in [7, 11) is -3.59. The summed E-state index contributed by atoms with van der Waals surface area (Å²) in [5, 5.41) is 13.2. The smallest absolute Gasteiger partial charge is 0.303 e. The van der Waals surface area contributed by atoms with Crippen LogP contribution in [0, 0.1) is 0 Å². The molecule has 2 aromatic rings. The zero-order valence-electron chi connectivity index (χ0n) is 12.7. The first kappa shape index (κ1) is 17.4. The fourth-order valence-electron chi connectivity index (χ4n) is 2.62. The van der Waals surface area contributed by atoms with Gasteiger partial charge < -0.3 is 5.11 Å². The largest absolute Gasteiger partial charge is 0.481 e. The Bertz CT molecular complexity index is 859. The van der Waals surface area contributed by atoms with Crippen LogP contribution in [0.5, 0.6) is 0 Å². The Morgan fingerprint density at radius 2 is 2.17 bits per heavy atom. The van der Waals surface area contributed by atoms with Gasteiger partial charge in [0.15, 0.2) is 0 Å². The Hall–Kier alpha value is -1.42. The second-order valence-corrected chi connectivity index (χ2v) is 9.37. The van der Waals surface area contributed by atoms with Crippen LogP contribution < -0.4 is 0 Å². The van der Waals surface area contributed by atoms with Gasteiger partial charge in [0.2, 0.25) is 0 Å². The zero-order valence-corrected chi connectivity index (χ0v) is 15.1. The van der Waals surface area contributed by atoms with Crippen molar-refractivity contribution in [3.63, 3.8) is 0 Å². The molecule has 2 aromatic heterocycles.